The van der Waals surface area contributed by atoms with Crippen LogP contribution < -0.4 is 10.6 Å². The zero-order chi connectivity index (χ0) is 24.5. The summed E-state index contributed by atoms with van der Waals surface area (Å²) in [4.78, 5) is 5.55. The van der Waals surface area contributed by atoms with Gasteiger partial charge in [-0.3, -0.25) is 0 Å². The maximum Gasteiger partial charge on any atom is 0.431 e. The van der Waals surface area contributed by atoms with Gasteiger partial charge < -0.3 is 16.0 Å². The van der Waals surface area contributed by atoms with Crippen molar-refractivity contribution >= 4 is 34.7 Å². The Balaban J connectivity index is 1.70. The van der Waals surface area contributed by atoms with Crippen molar-refractivity contribution in [2.45, 2.75) is 13.1 Å². The van der Waals surface area contributed by atoms with E-state index in [1.165, 1.54) is 40.0 Å². The molecule has 9 nitrogen and oxygen atoms in total. The Hall–Kier alpha value is -4.19. The lowest BCUT2D eigenvalue weighted by atomic mass is 10.1. The van der Waals surface area contributed by atoms with Crippen LogP contribution >= 0.6 is 11.6 Å². The van der Waals surface area contributed by atoms with E-state index in [9.17, 15) is 13.2 Å². The van der Waals surface area contributed by atoms with Crippen molar-refractivity contribution in [3.05, 3.63) is 83.3 Å². The fraction of sp³-hybridized carbons (Fsp3) is 0.0952. The van der Waals surface area contributed by atoms with E-state index in [0.717, 1.165) is 0 Å². The molecule has 13 heteroatoms. The highest BCUT2D eigenvalue weighted by Gasteiger charge is 2.37. The smallest absolute Gasteiger partial charge is 0.354 e. The average Bonchev–Trinajstić information content (AvgIpc) is 3.47. The Labute approximate surface area is 196 Å². The van der Waals surface area contributed by atoms with E-state index >= 15 is 0 Å². The Kier molecular flexibility index (Phi) is 6.07. The van der Waals surface area contributed by atoms with E-state index in [2.05, 4.69) is 37.5 Å². The first kappa shape index (κ1) is 23.0. The number of hydrogen-bond acceptors (Lipinski definition) is 7. The molecular weight excluding hydrogens is 471 g/mol. The Morgan fingerprint density at radius 3 is 2.53 bits per heavy atom. The summed E-state index contributed by atoms with van der Waals surface area (Å²) < 4.78 is 43.6. The number of halogens is 4. The SMILES string of the molecule is C=C(Nc1cc(Cl)c(-n2nccn2)nc1C)/C(C=N)=C(/Nc1cccn2nccc12)C(F)(F)F. The van der Waals surface area contributed by atoms with Crippen molar-refractivity contribution in [3.8, 4) is 5.82 Å². The number of pyridine rings is 2. The summed E-state index contributed by atoms with van der Waals surface area (Å²) in [5, 5.41) is 25.0. The first-order valence-corrected chi connectivity index (χ1v) is 10.1. The van der Waals surface area contributed by atoms with Crippen LogP contribution in [0.25, 0.3) is 11.3 Å². The van der Waals surface area contributed by atoms with Gasteiger partial charge in [-0.2, -0.15) is 28.5 Å². The first-order valence-electron chi connectivity index (χ1n) is 9.70. The second-order valence-corrected chi connectivity index (χ2v) is 7.39. The lowest BCUT2D eigenvalue weighted by Crippen LogP contribution is -2.24. The normalized spacial score (nSPS) is 12.4. The summed E-state index contributed by atoms with van der Waals surface area (Å²) in [6, 6.07) is 6.08. The number of anilines is 2. The number of allylic oxidation sites excluding steroid dienone is 2. The van der Waals surface area contributed by atoms with Gasteiger partial charge in [0.2, 0.25) is 0 Å². The van der Waals surface area contributed by atoms with E-state index < -0.39 is 17.4 Å². The van der Waals surface area contributed by atoms with Crippen LogP contribution in [0.1, 0.15) is 5.69 Å². The molecule has 34 heavy (non-hydrogen) atoms. The van der Waals surface area contributed by atoms with Crippen LogP contribution in [0.3, 0.4) is 0 Å². The number of aryl methyl sites for hydroxylation is 1. The minimum absolute atomic E-state index is 0.163. The van der Waals surface area contributed by atoms with Crippen LogP contribution in [0.5, 0.6) is 0 Å². The summed E-state index contributed by atoms with van der Waals surface area (Å²) in [6.07, 6.45) is 1.76. The van der Waals surface area contributed by atoms with Crippen molar-refractivity contribution in [2.75, 3.05) is 10.6 Å². The minimum atomic E-state index is -4.81. The second kappa shape index (κ2) is 8.98. The van der Waals surface area contributed by atoms with Crippen molar-refractivity contribution < 1.29 is 13.2 Å². The summed E-state index contributed by atoms with van der Waals surface area (Å²) in [7, 11) is 0. The monoisotopic (exact) mass is 487 g/mol. The van der Waals surface area contributed by atoms with Crippen LogP contribution in [0.4, 0.5) is 24.5 Å². The highest BCUT2D eigenvalue weighted by Crippen LogP contribution is 2.33. The molecule has 0 radical (unpaired) electrons. The molecule has 3 N–H and O–H groups in total. The minimum Gasteiger partial charge on any atom is -0.354 e. The number of nitrogens with zero attached hydrogens (tertiary/aromatic N) is 6. The van der Waals surface area contributed by atoms with E-state index in [0.29, 0.717) is 23.1 Å². The van der Waals surface area contributed by atoms with Gasteiger partial charge in [-0.25, -0.2) is 9.50 Å². The topological polar surface area (TPSA) is 109 Å². The number of nitrogens with one attached hydrogen (secondary N) is 3. The molecule has 0 saturated heterocycles. The molecule has 0 bridgehead atoms. The largest absolute Gasteiger partial charge is 0.431 e. The van der Waals surface area contributed by atoms with Gasteiger partial charge in [-0.05, 0) is 31.2 Å². The fourth-order valence-corrected chi connectivity index (χ4v) is 3.41. The standard InChI is InChI=1S/C21H17ClF3N9/c1-12(30-17-10-15(22)20(31-13(17)2)34-28-7-8-29-34)14(11-26)19(21(23,24)25)32-16-4-3-9-33-18(16)5-6-27-33/h3-11,26,30,32H,1H2,2H3/b19-14+,26-11?. The van der Waals surface area contributed by atoms with Crippen LogP contribution in [-0.4, -0.2) is 42.0 Å². The molecule has 0 atom stereocenters. The Morgan fingerprint density at radius 1 is 1.12 bits per heavy atom. The van der Waals surface area contributed by atoms with Gasteiger partial charge in [0.05, 0.1) is 46.2 Å². The predicted octanol–water partition coefficient (Wildman–Crippen LogP) is 4.78. The van der Waals surface area contributed by atoms with Crippen LogP contribution in [0.2, 0.25) is 5.02 Å². The maximum absolute atomic E-state index is 14.1. The summed E-state index contributed by atoms with van der Waals surface area (Å²) in [5.74, 6) is 0.259. The molecule has 0 amide bonds. The quantitative estimate of drug-likeness (QED) is 0.256. The van der Waals surface area contributed by atoms with Gasteiger partial charge in [-0.15, -0.1) is 4.80 Å². The average molecular weight is 488 g/mol. The second-order valence-electron chi connectivity index (χ2n) is 6.99. The predicted molar refractivity (Wildman–Crippen MR) is 122 cm³/mol. The lowest BCUT2D eigenvalue weighted by molar-refractivity contribution is -0.0906. The number of aromatic nitrogens is 6. The highest BCUT2D eigenvalue weighted by atomic mass is 35.5. The summed E-state index contributed by atoms with van der Waals surface area (Å²) in [5.41, 5.74) is -0.525. The van der Waals surface area contributed by atoms with Gasteiger partial charge in [0, 0.05) is 23.7 Å². The third-order valence-corrected chi connectivity index (χ3v) is 5.04. The highest BCUT2D eigenvalue weighted by molar-refractivity contribution is 6.32. The zero-order valence-electron chi connectivity index (χ0n) is 17.6. The van der Waals surface area contributed by atoms with E-state index in [4.69, 9.17) is 17.0 Å². The summed E-state index contributed by atoms with van der Waals surface area (Å²) >= 11 is 6.29. The van der Waals surface area contributed by atoms with E-state index in [1.807, 2.05) is 0 Å². The molecule has 4 aromatic heterocycles. The van der Waals surface area contributed by atoms with Crippen molar-refractivity contribution in [1.29, 1.82) is 5.41 Å². The Morgan fingerprint density at radius 2 is 1.85 bits per heavy atom. The molecule has 4 heterocycles. The fourth-order valence-electron chi connectivity index (χ4n) is 3.18. The molecule has 0 aliphatic heterocycles. The molecule has 0 unspecified atom stereocenters. The number of fused-ring (bicyclic) bond motifs is 1. The third kappa shape index (κ3) is 4.48. The first-order chi connectivity index (χ1) is 16.2. The van der Waals surface area contributed by atoms with Crippen molar-refractivity contribution in [3.63, 3.8) is 0 Å². The van der Waals surface area contributed by atoms with Crippen molar-refractivity contribution in [2.24, 2.45) is 0 Å². The molecule has 0 aliphatic carbocycles. The molecule has 0 fully saturated rings. The van der Waals surface area contributed by atoms with E-state index in [-0.39, 0.29) is 22.2 Å². The zero-order valence-corrected chi connectivity index (χ0v) is 18.4. The maximum atomic E-state index is 14.1. The molecule has 4 rings (SSSR count). The van der Waals surface area contributed by atoms with Crippen LogP contribution in [-0.2, 0) is 0 Å². The molecule has 4 aromatic rings. The van der Waals surface area contributed by atoms with Gasteiger partial charge in [0.25, 0.3) is 0 Å². The van der Waals surface area contributed by atoms with Crippen molar-refractivity contribution in [1.82, 2.24) is 29.6 Å². The molecule has 0 aromatic carbocycles. The molecule has 0 spiro atoms. The molecule has 0 aliphatic rings. The molecule has 174 valence electrons. The molecular formula is C21H17ClF3N9. The molecule has 0 saturated carbocycles. The van der Waals surface area contributed by atoms with Gasteiger partial charge in [0.1, 0.15) is 5.70 Å². The van der Waals surface area contributed by atoms with Crippen LogP contribution in [0.15, 0.2) is 72.6 Å². The van der Waals surface area contributed by atoms with Gasteiger partial charge >= 0.3 is 6.18 Å². The third-order valence-electron chi connectivity index (χ3n) is 4.76. The summed E-state index contributed by atoms with van der Waals surface area (Å²) in [6.45, 7) is 5.35. The van der Waals surface area contributed by atoms with Gasteiger partial charge in [-0.1, -0.05) is 18.2 Å². The Bertz CT molecular complexity index is 1400. The van der Waals surface area contributed by atoms with Gasteiger partial charge in [0.15, 0.2) is 5.82 Å². The van der Waals surface area contributed by atoms with Crippen LogP contribution in [0, 0.1) is 12.3 Å². The van der Waals surface area contributed by atoms with E-state index in [1.54, 1.807) is 25.3 Å². The lowest BCUT2D eigenvalue weighted by Gasteiger charge is -2.20. The number of hydrogen-bond donors (Lipinski definition) is 3. The number of rotatable bonds is 7. The number of alkyl halides is 3.